The molecule has 0 fully saturated rings. The van der Waals surface area contributed by atoms with Crippen LogP contribution >= 0.6 is 0 Å². The third-order valence-electron chi connectivity index (χ3n) is 2.42. The molecular formula is C9H8N4O. The van der Waals surface area contributed by atoms with Crippen LogP contribution in [-0.4, -0.2) is 12.2 Å². The fraction of sp³-hybridized carbons (Fsp3) is 0.111. The minimum atomic E-state index is -0.226. The molecule has 0 aromatic carbocycles. The van der Waals surface area contributed by atoms with Crippen LogP contribution in [0.3, 0.4) is 0 Å². The highest BCUT2D eigenvalue weighted by atomic mass is 16.2. The number of hydrogen-bond acceptors (Lipinski definition) is 4. The molecule has 0 saturated carbocycles. The Morgan fingerprint density at radius 1 is 1.36 bits per heavy atom. The molecule has 2 heterocycles. The lowest BCUT2D eigenvalue weighted by molar-refractivity contribution is -0.124. The Morgan fingerprint density at radius 3 is 3.21 bits per heavy atom. The summed E-state index contributed by atoms with van der Waals surface area (Å²) in [6.07, 6.45) is 7.26. The lowest BCUT2D eigenvalue weighted by Crippen LogP contribution is -2.48. The average Bonchev–Trinajstić information content (AvgIpc) is 2.24. The van der Waals surface area contributed by atoms with E-state index in [0.29, 0.717) is 5.82 Å². The first kappa shape index (κ1) is 7.37. The average molecular weight is 188 g/mol. The van der Waals surface area contributed by atoms with Gasteiger partial charge in [0.15, 0.2) is 5.82 Å². The Hall–Kier alpha value is -2.04. The molecule has 70 valence electrons. The Balaban J connectivity index is 2.19. The second kappa shape index (κ2) is 2.47. The predicted octanol–water partition coefficient (Wildman–Crippen LogP) is -0.466. The van der Waals surface area contributed by atoms with Crippen molar-refractivity contribution in [1.29, 1.82) is 0 Å². The normalized spacial score (nSPS) is 27.3. The number of hydrazine groups is 1. The van der Waals surface area contributed by atoms with Crippen molar-refractivity contribution in [2.45, 2.75) is 0 Å². The molecule has 0 aromatic rings. The Labute approximate surface area is 80.2 Å². The monoisotopic (exact) mass is 188 g/mol. The number of carbonyl (C=O) groups excluding carboxylic acids is 1. The Morgan fingerprint density at radius 2 is 2.29 bits per heavy atom. The third kappa shape index (κ3) is 0.834. The highest BCUT2D eigenvalue weighted by Gasteiger charge is 2.32. The molecule has 5 heteroatoms. The highest BCUT2D eigenvalue weighted by molar-refractivity contribution is 5.88. The van der Waals surface area contributed by atoms with Crippen molar-refractivity contribution in [1.82, 2.24) is 16.2 Å². The zero-order chi connectivity index (χ0) is 9.54. The largest absolute Gasteiger partial charge is 0.346 e. The van der Waals surface area contributed by atoms with Crippen molar-refractivity contribution >= 4 is 12.2 Å². The van der Waals surface area contributed by atoms with Crippen LogP contribution in [0.15, 0.2) is 40.3 Å². The van der Waals surface area contributed by atoms with Crippen molar-refractivity contribution < 1.29 is 4.79 Å². The third-order valence-corrected chi connectivity index (χ3v) is 2.42. The number of nitrogens with zero attached hydrogens (tertiary/aromatic N) is 1. The minimum Gasteiger partial charge on any atom is -0.346 e. The summed E-state index contributed by atoms with van der Waals surface area (Å²) >= 11 is 0. The maximum absolute atomic E-state index is 11.5. The maximum atomic E-state index is 11.5. The number of aliphatic imine (C=N–C) groups is 1. The summed E-state index contributed by atoms with van der Waals surface area (Å²) in [7, 11) is 0. The summed E-state index contributed by atoms with van der Waals surface area (Å²) in [6.45, 7) is 0. The smallest absolute Gasteiger partial charge is 0.249 e. The molecule has 0 saturated heterocycles. The number of allylic oxidation sites excluding steroid dienone is 3. The molecule has 3 N–H and O–H groups in total. The van der Waals surface area contributed by atoms with E-state index in [1.807, 2.05) is 18.2 Å². The van der Waals surface area contributed by atoms with Crippen LogP contribution in [0, 0.1) is 5.92 Å². The zero-order valence-electron chi connectivity index (χ0n) is 7.24. The van der Waals surface area contributed by atoms with Crippen molar-refractivity contribution in [3.63, 3.8) is 0 Å². The molecule has 0 spiro atoms. The van der Waals surface area contributed by atoms with E-state index >= 15 is 0 Å². The first-order chi connectivity index (χ1) is 6.86. The summed E-state index contributed by atoms with van der Waals surface area (Å²) < 4.78 is 0. The molecule has 1 aliphatic carbocycles. The van der Waals surface area contributed by atoms with Crippen LogP contribution < -0.4 is 16.2 Å². The van der Waals surface area contributed by atoms with Gasteiger partial charge in [-0.3, -0.25) is 15.6 Å². The molecule has 3 aliphatic rings. The fourth-order valence-electron chi connectivity index (χ4n) is 1.77. The van der Waals surface area contributed by atoms with Gasteiger partial charge in [-0.05, 0) is 6.08 Å². The molecule has 0 bridgehead atoms. The van der Waals surface area contributed by atoms with E-state index in [1.165, 1.54) is 0 Å². The van der Waals surface area contributed by atoms with Crippen molar-refractivity contribution in [2.75, 3.05) is 0 Å². The van der Waals surface area contributed by atoms with E-state index in [9.17, 15) is 4.79 Å². The molecule has 3 rings (SSSR count). The van der Waals surface area contributed by atoms with Crippen LogP contribution in [0.1, 0.15) is 0 Å². The number of rotatable bonds is 0. The zero-order valence-corrected chi connectivity index (χ0v) is 7.24. The molecular weight excluding hydrogens is 180 g/mol. The van der Waals surface area contributed by atoms with Crippen LogP contribution in [-0.2, 0) is 4.79 Å². The van der Waals surface area contributed by atoms with E-state index in [2.05, 4.69) is 21.2 Å². The highest BCUT2D eigenvalue weighted by Crippen LogP contribution is 2.29. The summed E-state index contributed by atoms with van der Waals surface area (Å²) in [5.41, 5.74) is 7.19. The fourth-order valence-corrected chi connectivity index (χ4v) is 1.77. The van der Waals surface area contributed by atoms with Crippen LogP contribution in [0.5, 0.6) is 0 Å². The molecule has 1 unspecified atom stereocenters. The topological polar surface area (TPSA) is 65.5 Å². The van der Waals surface area contributed by atoms with Gasteiger partial charge in [-0.25, -0.2) is 4.99 Å². The molecule has 14 heavy (non-hydrogen) atoms. The Bertz CT molecular complexity index is 430. The van der Waals surface area contributed by atoms with Gasteiger partial charge < -0.3 is 5.32 Å². The molecule has 1 amide bonds. The summed E-state index contributed by atoms with van der Waals surface area (Å²) in [5, 5.41) is 3.01. The van der Waals surface area contributed by atoms with Gasteiger partial charge in [-0.2, -0.15) is 0 Å². The number of hydrogen-bond donors (Lipinski definition) is 3. The lowest BCUT2D eigenvalue weighted by atomic mass is 9.89. The van der Waals surface area contributed by atoms with Gasteiger partial charge in [0.05, 0.1) is 12.3 Å². The second-order valence-electron chi connectivity index (χ2n) is 3.22. The molecule has 0 aromatic heterocycles. The Kier molecular flexibility index (Phi) is 1.30. The van der Waals surface area contributed by atoms with E-state index < -0.39 is 0 Å². The van der Waals surface area contributed by atoms with Gasteiger partial charge in [0.1, 0.15) is 0 Å². The molecule has 5 nitrogen and oxygen atoms in total. The van der Waals surface area contributed by atoms with Gasteiger partial charge in [-0.1, -0.05) is 12.2 Å². The second-order valence-corrected chi connectivity index (χ2v) is 3.22. The maximum Gasteiger partial charge on any atom is 0.249 e. The molecule has 2 aliphatic heterocycles. The number of carbonyl (C=O) groups is 1. The van der Waals surface area contributed by atoms with E-state index in [4.69, 9.17) is 0 Å². The van der Waals surface area contributed by atoms with Crippen molar-refractivity contribution in [3.05, 3.63) is 35.3 Å². The first-order valence-corrected chi connectivity index (χ1v) is 4.34. The molecule has 0 radical (unpaired) electrons. The van der Waals surface area contributed by atoms with E-state index in [0.717, 1.165) is 11.3 Å². The van der Waals surface area contributed by atoms with E-state index in [1.54, 1.807) is 6.34 Å². The minimum absolute atomic E-state index is 0.0514. The van der Waals surface area contributed by atoms with Gasteiger partial charge >= 0.3 is 0 Å². The van der Waals surface area contributed by atoms with Gasteiger partial charge in [0, 0.05) is 11.3 Å². The van der Waals surface area contributed by atoms with Gasteiger partial charge in [0.2, 0.25) is 5.91 Å². The summed E-state index contributed by atoms with van der Waals surface area (Å²) in [6, 6.07) is 0. The van der Waals surface area contributed by atoms with Gasteiger partial charge in [-0.15, -0.1) is 0 Å². The van der Waals surface area contributed by atoms with Crippen LogP contribution in [0.25, 0.3) is 0 Å². The quantitative estimate of drug-likeness (QED) is 0.481. The van der Waals surface area contributed by atoms with Crippen LogP contribution in [0.2, 0.25) is 0 Å². The standard InChI is InChI=1S/C9H8N4O/c14-9-5-2-1-3-6-7(5)8(12-13-9)11-4-10-6/h1-5,12H,(H,10,11)(H,13,14). The van der Waals surface area contributed by atoms with E-state index in [-0.39, 0.29) is 11.8 Å². The predicted molar refractivity (Wildman–Crippen MR) is 50.6 cm³/mol. The summed E-state index contributed by atoms with van der Waals surface area (Å²) in [5.74, 6) is 0.435. The summed E-state index contributed by atoms with van der Waals surface area (Å²) in [4.78, 5) is 15.6. The lowest BCUT2D eigenvalue weighted by Gasteiger charge is -2.30. The SMILES string of the molecule is O=C1NNC2=C3C(=CC=CC13)NC=N2. The van der Waals surface area contributed by atoms with Crippen LogP contribution in [0.4, 0.5) is 0 Å². The van der Waals surface area contributed by atoms with Gasteiger partial charge in [0.25, 0.3) is 0 Å². The van der Waals surface area contributed by atoms with Crippen molar-refractivity contribution in [2.24, 2.45) is 10.9 Å². The first-order valence-electron chi connectivity index (χ1n) is 4.34. The number of amides is 1. The number of nitrogens with one attached hydrogen (secondary N) is 3. The molecule has 1 atom stereocenters. The van der Waals surface area contributed by atoms with Crippen molar-refractivity contribution in [3.8, 4) is 0 Å².